The lowest BCUT2D eigenvalue weighted by atomic mass is 10.1. The predicted octanol–water partition coefficient (Wildman–Crippen LogP) is 3.85. The molecule has 2 amide bonds. The zero-order valence-electron chi connectivity index (χ0n) is 18.3. The van der Waals surface area contributed by atoms with E-state index in [0.717, 1.165) is 38.8 Å². The summed E-state index contributed by atoms with van der Waals surface area (Å²) in [5.74, 6) is 0.0226. The summed E-state index contributed by atoms with van der Waals surface area (Å²) in [6, 6.07) is 14.1. The maximum atomic E-state index is 13.1. The maximum Gasteiger partial charge on any atom is 0.261 e. The normalized spacial score (nSPS) is 13.7. The van der Waals surface area contributed by atoms with Crippen LogP contribution in [0.3, 0.4) is 0 Å². The Morgan fingerprint density at radius 2 is 1.59 bits per heavy atom. The van der Waals surface area contributed by atoms with Crippen molar-refractivity contribution in [1.29, 1.82) is 0 Å². The number of hydrogen-bond acceptors (Lipinski definition) is 5. The van der Waals surface area contributed by atoms with Gasteiger partial charge in [0, 0.05) is 20.2 Å². The molecule has 0 bridgehead atoms. The van der Waals surface area contributed by atoms with E-state index >= 15 is 0 Å². The van der Waals surface area contributed by atoms with Crippen LogP contribution in [0.1, 0.15) is 46.4 Å². The van der Waals surface area contributed by atoms with Crippen molar-refractivity contribution in [2.75, 3.05) is 38.7 Å². The van der Waals surface area contributed by atoms with Crippen LogP contribution in [-0.2, 0) is 4.74 Å². The molecule has 1 fully saturated rings. The zero-order valence-corrected chi connectivity index (χ0v) is 19.1. The fourth-order valence-corrected chi connectivity index (χ4v) is 3.76. The minimum atomic E-state index is -0.396. The van der Waals surface area contributed by atoms with Crippen molar-refractivity contribution >= 4 is 34.8 Å². The van der Waals surface area contributed by atoms with Gasteiger partial charge in [0.1, 0.15) is 12.4 Å². The molecule has 32 heavy (non-hydrogen) atoms. The second-order valence-electron chi connectivity index (χ2n) is 7.50. The summed E-state index contributed by atoms with van der Waals surface area (Å²) in [5.41, 5.74) is 1.47. The van der Waals surface area contributed by atoms with Crippen LogP contribution >= 0.6 is 12.2 Å². The number of benzene rings is 2. The largest absolute Gasteiger partial charge is 0.490 e. The van der Waals surface area contributed by atoms with Gasteiger partial charge in [0.15, 0.2) is 5.11 Å². The molecule has 2 aromatic carbocycles. The molecule has 170 valence electrons. The molecular formula is C24H29N3O4S. The van der Waals surface area contributed by atoms with E-state index in [4.69, 9.17) is 21.7 Å². The van der Waals surface area contributed by atoms with Crippen LogP contribution in [-0.4, -0.2) is 55.2 Å². The lowest BCUT2D eigenvalue weighted by Gasteiger charge is -2.22. The Morgan fingerprint density at radius 1 is 0.938 bits per heavy atom. The number of methoxy groups -OCH3 is 1. The minimum absolute atomic E-state index is 0.0268. The number of nitrogens with zero attached hydrogens (tertiary/aromatic N) is 1. The van der Waals surface area contributed by atoms with E-state index in [2.05, 4.69) is 10.6 Å². The quantitative estimate of drug-likeness (QED) is 0.488. The first-order valence-electron chi connectivity index (χ1n) is 10.8. The van der Waals surface area contributed by atoms with Gasteiger partial charge in [-0.2, -0.15) is 0 Å². The first-order chi connectivity index (χ1) is 15.6. The van der Waals surface area contributed by atoms with Gasteiger partial charge in [-0.3, -0.25) is 14.9 Å². The fourth-order valence-electron chi connectivity index (χ4n) is 3.56. The topological polar surface area (TPSA) is 79.9 Å². The first kappa shape index (κ1) is 23.7. The standard InChI is InChI=1S/C24H29N3O4S/c1-30-16-17-31-21-13-7-5-11-19(21)22(28)26-24(32)25-20-12-6-4-10-18(20)23(29)27-14-8-2-3-9-15-27/h4-7,10-13H,2-3,8-9,14-17H2,1H3,(H2,25,26,28,32). The molecule has 1 heterocycles. The Balaban J connectivity index is 1.67. The third-order valence-electron chi connectivity index (χ3n) is 5.20. The summed E-state index contributed by atoms with van der Waals surface area (Å²) in [6.45, 7) is 2.26. The van der Waals surface area contributed by atoms with Crippen molar-refractivity contribution in [3.05, 3.63) is 59.7 Å². The van der Waals surface area contributed by atoms with Gasteiger partial charge in [0.25, 0.3) is 11.8 Å². The number of anilines is 1. The molecule has 2 N–H and O–H groups in total. The molecule has 3 rings (SSSR count). The van der Waals surface area contributed by atoms with Crippen molar-refractivity contribution in [2.24, 2.45) is 0 Å². The van der Waals surface area contributed by atoms with Crippen LogP contribution in [0.2, 0.25) is 0 Å². The summed E-state index contributed by atoms with van der Waals surface area (Å²) in [7, 11) is 1.58. The number of rotatable bonds is 7. The van der Waals surface area contributed by atoms with E-state index in [9.17, 15) is 9.59 Å². The number of amides is 2. The van der Waals surface area contributed by atoms with E-state index in [1.807, 2.05) is 17.0 Å². The fraction of sp³-hybridized carbons (Fsp3) is 0.375. The van der Waals surface area contributed by atoms with Crippen molar-refractivity contribution in [1.82, 2.24) is 10.2 Å². The summed E-state index contributed by atoms with van der Waals surface area (Å²) >= 11 is 5.36. The number of hydrogen-bond donors (Lipinski definition) is 2. The van der Waals surface area contributed by atoms with Crippen molar-refractivity contribution in [3.63, 3.8) is 0 Å². The molecule has 0 radical (unpaired) electrons. The van der Waals surface area contributed by atoms with E-state index in [0.29, 0.717) is 35.8 Å². The van der Waals surface area contributed by atoms with Gasteiger partial charge in [-0.05, 0) is 49.3 Å². The average molecular weight is 456 g/mol. The molecule has 1 aliphatic rings. The van der Waals surface area contributed by atoms with Gasteiger partial charge < -0.3 is 19.7 Å². The van der Waals surface area contributed by atoms with Crippen LogP contribution in [0, 0.1) is 0 Å². The highest BCUT2D eigenvalue weighted by Crippen LogP contribution is 2.21. The van der Waals surface area contributed by atoms with Gasteiger partial charge in [0.2, 0.25) is 0 Å². The number of nitrogens with one attached hydrogen (secondary N) is 2. The number of para-hydroxylation sites is 2. The Bertz CT molecular complexity index is 942. The molecule has 1 aliphatic heterocycles. The predicted molar refractivity (Wildman–Crippen MR) is 128 cm³/mol. The van der Waals surface area contributed by atoms with Crippen LogP contribution < -0.4 is 15.4 Å². The minimum Gasteiger partial charge on any atom is -0.490 e. The highest BCUT2D eigenvalue weighted by atomic mass is 32.1. The van der Waals surface area contributed by atoms with Gasteiger partial charge >= 0.3 is 0 Å². The highest BCUT2D eigenvalue weighted by Gasteiger charge is 2.21. The van der Waals surface area contributed by atoms with Crippen molar-refractivity contribution in [3.8, 4) is 5.75 Å². The Morgan fingerprint density at radius 3 is 2.31 bits per heavy atom. The van der Waals surface area contributed by atoms with E-state index in [1.165, 1.54) is 0 Å². The van der Waals surface area contributed by atoms with Crippen LogP contribution in [0.15, 0.2) is 48.5 Å². The summed E-state index contributed by atoms with van der Waals surface area (Å²) in [6.07, 6.45) is 4.33. The van der Waals surface area contributed by atoms with E-state index in [1.54, 1.807) is 43.5 Å². The van der Waals surface area contributed by atoms with Crippen LogP contribution in [0.5, 0.6) is 5.75 Å². The average Bonchev–Trinajstić information content (AvgIpc) is 3.09. The van der Waals surface area contributed by atoms with Crippen LogP contribution in [0.25, 0.3) is 0 Å². The molecule has 0 spiro atoms. The van der Waals surface area contributed by atoms with Crippen LogP contribution in [0.4, 0.5) is 5.69 Å². The lowest BCUT2D eigenvalue weighted by molar-refractivity contribution is 0.0762. The number of carbonyl (C=O) groups is 2. The molecule has 0 aliphatic carbocycles. The Kier molecular flexibility index (Phi) is 9.01. The molecule has 0 unspecified atom stereocenters. The Labute approximate surface area is 194 Å². The molecule has 7 nitrogen and oxygen atoms in total. The van der Waals surface area contributed by atoms with E-state index < -0.39 is 5.91 Å². The lowest BCUT2D eigenvalue weighted by Crippen LogP contribution is -2.36. The Hall–Kier alpha value is -2.97. The van der Waals surface area contributed by atoms with E-state index in [-0.39, 0.29) is 11.0 Å². The van der Waals surface area contributed by atoms with Gasteiger partial charge in [0.05, 0.1) is 23.4 Å². The van der Waals surface area contributed by atoms with Crippen molar-refractivity contribution < 1.29 is 19.1 Å². The number of carbonyl (C=O) groups excluding carboxylic acids is 2. The van der Waals surface area contributed by atoms with Crippen molar-refractivity contribution in [2.45, 2.75) is 25.7 Å². The zero-order chi connectivity index (χ0) is 22.8. The molecule has 0 aromatic heterocycles. The highest BCUT2D eigenvalue weighted by molar-refractivity contribution is 7.80. The molecule has 1 saturated heterocycles. The first-order valence-corrected chi connectivity index (χ1v) is 11.2. The smallest absolute Gasteiger partial charge is 0.261 e. The van der Waals surface area contributed by atoms with Gasteiger partial charge in [-0.25, -0.2) is 0 Å². The molecule has 2 aromatic rings. The molecule has 0 atom stereocenters. The molecule has 0 saturated carbocycles. The molecular weight excluding hydrogens is 426 g/mol. The van der Waals surface area contributed by atoms with Gasteiger partial charge in [-0.1, -0.05) is 37.1 Å². The number of thiocarbonyl (C=S) groups is 1. The number of likely N-dealkylation sites (tertiary alicyclic amines) is 1. The maximum absolute atomic E-state index is 13.1. The van der Waals surface area contributed by atoms with Gasteiger partial charge in [-0.15, -0.1) is 0 Å². The second-order valence-corrected chi connectivity index (χ2v) is 7.91. The SMILES string of the molecule is COCCOc1ccccc1C(=O)NC(=S)Nc1ccccc1C(=O)N1CCCCCC1. The summed E-state index contributed by atoms with van der Waals surface area (Å²) in [4.78, 5) is 27.8. The third-order valence-corrected chi connectivity index (χ3v) is 5.41. The number of ether oxygens (including phenoxy) is 2. The second kappa shape index (κ2) is 12.2. The molecule has 8 heteroatoms. The summed E-state index contributed by atoms with van der Waals surface area (Å²) in [5, 5.41) is 5.80. The third kappa shape index (κ3) is 6.51. The monoisotopic (exact) mass is 455 g/mol. The summed E-state index contributed by atoms with van der Waals surface area (Å²) < 4.78 is 10.6.